The van der Waals surface area contributed by atoms with Crippen LogP contribution >= 0.6 is 0 Å². The van der Waals surface area contributed by atoms with Gasteiger partial charge in [-0.05, 0) is 31.7 Å². The van der Waals surface area contributed by atoms with Gasteiger partial charge in [0, 0.05) is 6.42 Å². The van der Waals surface area contributed by atoms with Crippen LogP contribution in [0.2, 0.25) is 0 Å². The predicted molar refractivity (Wildman–Crippen MR) is 58.8 cm³/mol. The molecule has 2 N–H and O–H groups in total. The van der Waals surface area contributed by atoms with E-state index in [2.05, 4.69) is 10.1 Å². The molecule has 0 atom stereocenters. The minimum absolute atomic E-state index is 0.288. The predicted octanol–water partition coefficient (Wildman–Crippen LogP) is 1.22. The maximum absolute atomic E-state index is 13.1. The fourth-order valence-electron chi connectivity index (χ4n) is 1.56. The zero-order valence-electron chi connectivity index (χ0n) is 9.02. The highest BCUT2D eigenvalue weighted by molar-refractivity contribution is 5.32. The number of nitrogens with zero attached hydrogens (tertiary/aromatic N) is 3. The smallest absolute Gasteiger partial charge is 0.148 e. The highest BCUT2D eigenvalue weighted by atomic mass is 19.1. The monoisotopic (exact) mass is 220 g/mol. The number of aryl methyl sites for hydroxylation is 1. The zero-order valence-corrected chi connectivity index (χ0v) is 9.02. The maximum Gasteiger partial charge on any atom is 0.148 e. The lowest BCUT2D eigenvalue weighted by molar-refractivity contribution is 0.624. The largest absolute Gasteiger partial charge is 0.330 e. The zero-order chi connectivity index (χ0) is 11.5. The summed E-state index contributed by atoms with van der Waals surface area (Å²) in [6.07, 6.45) is 0.622. The summed E-state index contributed by atoms with van der Waals surface area (Å²) in [7, 11) is 0. The van der Waals surface area contributed by atoms with Crippen molar-refractivity contribution in [3.63, 3.8) is 0 Å². The lowest BCUT2D eigenvalue weighted by Crippen LogP contribution is -2.09. The molecule has 0 unspecified atom stereocenters. The molecule has 1 aromatic heterocycles. The van der Waals surface area contributed by atoms with Gasteiger partial charge in [-0.1, -0.05) is 6.07 Å². The van der Waals surface area contributed by atoms with Crippen LogP contribution in [-0.4, -0.2) is 21.3 Å². The van der Waals surface area contributed by atoms with Gasteiger partial charge in [0.15, 0.2) is 0 Å². The van der Waals surface area contributed by atoms with E-state index in [9.17, 15) is 4.39 Å². The lowest BCUT2D eigenvalue weighted by Gasteiger charge is -2.04. The second-order valence-corrected chi connectivity index (χ2v) is 3.51. The van der Waals surface area contributed by atoms with Gasteiger partial charge in [0.1, 0.15) is 17.5 Å². The average molecular weight is 220 g/mol. The number of hydrogen-bond donors (Lipinski definition) is 1. The molecule has 0 aliphatic carbocycles. The summed E-state index contributed by atoms with van der Waals surface area (Å²) in [6, 6.07) is 6.26. The third kappa shape index (κ3) is 2.09. The first-order valence-corrected chi connectivity index (χ1v) is 5.09. The summed E-state index contributed by atoms with van der Waals surface area (Å²) in [4.78, 5) is 4.26. The molecule has 2 aromatic rings. The van der Waals surface area contributed by atoms with Crippen molar-refractivity contribution < 1.29 is 4.39 Å². The van der Waals surface area contributed by atoms with Gasteiger partial charge in [0.25, 0.3) is 0 Å². The van der Waals surface area contributed by atoms with Crippen molar-refractivity contribution >= 4 is 0 Å². The van der Waals surface area contributed by atoms with Gasteiger partial charge < -0.3 is 5.73 Å². The summed E-state index contributed by atoms with van der Waals surface area (Å²) in [5.74, 6) is 1.13. The molecule has 0 fully saturated rings. The molecule has 0 aliphatic rings. The van der Waals surface area contributed by atoms with E-state index in [-0.39, 0.29) is 5.82 Å². The summed E-state index contributed by atoms with van der Waals surface area (Å²) in [5, 5.41) is 4.22. The van der Waals surface area contributed by atoms with Crippen LogP contribution in [0.15, 0.2) is 24.3 Å². The summed E-state index contributed by atoms with van der Waals surface area (Å²) in [6.45, 7) is 2.29. The van der Waals surface area contributed by atoms with Gasteiger partial charge >= 0.3 is 0 Å². The van der Waals surface area contributed by atoms with E-state index in [4.69, 9.17) is 5.73 Å². The van der Waals surface area contributed by atoms with E-state index in [0.717, 1.165) is 5.82 Å². The van der Waals surface area contributed by atoms with E-state index in [1.807, 2.05) is 0 Å². The molecule has 0 saturated heterocycles. The van der Waals surface area contributed by atoms with E-state index >= 15 is 0 Å². The van der Waals surface area contributed by atoms with Crippen molar-refractivity contribution in [3.05, 3.63) is 41.7 Å². The van der Waals surface area contributed by atoms with Crippen molar-refractivity contribution in [2.24, 2.45) is 5.73 Å². The minimum Gasteiger partial charge on any atom is -0.330 e. The fraction of sp³-hybridized carbons (Fsp3) is 0.273. The quantitative estimate of drug-likeness (QED) is 0.846. The van der Waals surface area contributed by atoms with Gasteiger partial charge in [-0.25, -0.2) is 14.1 Å². The summed E-state index contributed by atoms with van der Waals surface area (Å²) in [5.41, 5.74) is 6.16. The topological polar surface area (TPSA) is 56.7 Å². The maximum atomic E-state index is 13.1. The Morgan fingerprint density at radius 2 is 2.25 bits per heavy atom. The minimum atomic E-state index is -0.288. The van der Waals surface area contributed by atoms with Crippen LogP contribution in [0.4, 0.5) is 4.39 Å². The highest BCUT2D eigenvalue weighted by Gasteiger charge is 2.08. The van der Waals surface area contributed by atoms with Crippen LogP contribution in [0.1, 0.15) is 11.6 Å². The number of halogens is 1. The molecule has 2 rings (SSSR count). The third-order valence-corrected chi connectivity index (χ3v) is 2.20. The molecular weight excluding hydrogens is 207 g/mol. The molecule has 1 aromatic carbocycles. The van der Waals surface area contributed by atoms with Crippen molar-refractivity contribution in [2.45, 2.75) is 13.3 Å². The molecule has 0 radical (unpaired) electrons. The number of aromatic nitrogens is 3. The number of hydrogen-bond acceptors (Lipinski definition) is 3. The third-order valence-electron chi connectivity index (χ3n) is 2.20. The second-order valence-electron chi connectivity index (χ2n) is 3.51. The van der Waals surface area contributed by atoms with E-state index < -0.39 is 0 Å². The van der Waals surface area contributed by atoms with E-state index in [1.165, 1.54) is 12.1 Å². The number of benzene rings is 1. The van der Waals surface area contributed by atoms with Crippen molar-refractivity contribution in [1.29, 1.82) is 0 Å². The molecular formula is C11H13FN4. The Morgan fingerprint density at radius 1 is 1.44 bits per heavy atom. The molecule has 0 saturated carbocycles. The van der Waals surface area contributed by atoms with Gasteiger partial charge in [0.05, 0.1) is 5.69 Å². The Bertz CT molecular complexity index is 492. The normalized spacial score (nSPS) is 10.7. The second kappa shape index (κ2) is 4.40. The Hall–Kier alpha value is -1.75. The molecule has 0 spiro atoms. The summed E-state index contributed by atoms with van der Waals surface area (Å²) < 4.78 is 14.7. The molecule has 0 amide bonds. The average Bonchev–Trinajstić information content (AvgIpc) is 2.60. The highest BCUT2D eigenvalue weighted by Crippen LogP contribution is 2.11. The molecule has 84 valence electrons. The molecule has 16 heavy (non-hydrogen) atoms. The molecule has 0 bridgehead atoms. The van der Waals surface area contributed by atoms with Crippen molar-refractivity contribution in [3.8, 4) is 5.69 Å². The Kier molecular flexibility index (Phi) is 2.96. The van der Waals surface area contributed by atoms with Crippen LogP contribution in [0.5, 0.6) is 0 Å². The molecule has 5 heteroatoms. The fourth-order valence-corrected chi connectivity index (χ4v) is 1.56. The molecule has 0 aliphatic heterocycles. The number of rotatable bonds is 3. The first kappa shape index (κ1) is 10.8. The Labute approximate surface area is 92.9 Å². The lowest BCUT2D eigenvalue weighted by atomic mass is 10.3. The first-order valence-electron chi connectivity index (χ1n) is 5.09. The molecule has 1 heterocycles. The van der Waals surface area contributed by atoms with Crippen LogP contribution < -0.4 is 5.73 Å². The first-order chi connectivity index (χ1) is 7.70. The van der Waals surface area contributed by atoms with Crippen LogP contribution in [0.25, 0.3) is 5.69 Å². The Balaban J connectivity index is 2.46. The Morgan fingerprint density at radius 3 is 2.94 bits per heavy atom. The van der Waals surface area contributed by atoms with Crippen LogP contribution in [0, 0.1) is 12.7 Å². The summed E-state index contributed by atoms with van der Waals surface area (Å²) >= 11 is 0. The standard InChI is InChI=1S/C11H13FN4/c1-8-14-11(5-6-13)16(15-8)10-4-2-3-9(12)7-10/h2-4,7H,5-6,13H2,1H3. The van der Waals surface area contributed by atoms with E-state index in [0.29, 0.717) is 24.5 Å². The van der Waals surface area contributed by atoms with Gasteiger partial charge in [-0.2, -0.15) is 5.10 Å². The van der Waals surface area contributed by atoms with Crippen LogP contribution in [-0.2, 0) is 6.42 Å². The van der Waals surface area contributed by atoms with Crippen LogP contribution in [0.3, 0.4) is 0 Å². The SMILES string of the molecule is Cc1nc(CCN)n(-c2cccc(F)c2)n1. The van der Waals surface area contributed by atoms with E-state index in [1.54, 1.807) is 23.7 Å². The molecule has 4 nitrogen and oxygen atoms in total. The van der Waals surface area contributed by atoms with Gasteiger partial charge in [-0.3, -0.25) is 0 Å². The van der Waals surface area contributed by atoms with Gasteiger partial charge in [0.2, 0.25) is 0 Å². The number of nitrogens with two attached hydrogens (primary N) is 1. The van der Waals surface area contributed by atoms with Gasteiger partial charge in [-0.15, -0.1) is 0 Å². The van der Waals surface area contributed by atoms with Crippen molar-refractivity contribution in [1.82, 2.24) is 14.8 Å². The van der Waals surface area contributed by atoms with Crippen molar-refractivity contribution in [2.75, 3.05) is 6.54 Å².